The Morgan fingerprint density at radius 2 is 2.20 bits per heavy atom. The monoisotopic (exact) mass is 291 g/mol. The molecule has 15 heavy (non-hydrogen) atoms. The summed E-state index contributed by atoms with van der Waals surface area (Å²) in [5.74, 6) is 0.352. The molecule has 1 rings (SSSR count). The Balaban J connectivity index is 3.27. The summed E-state index contributed by atoms with van der Waals surface area (Å²) in [6.45, 7) is 1.61. The van der Waals surface area contributed by atoms with E-state index in [2.05, 4.69) is 15.9 Å². The van der Waals surface area contributed by atoms with Crippen LogP contribution in [-0.4, -0.2) is 18.3 Å². The highest BCUT2D eigenvalue weighted by Gasteiger charge is 2.18. The largest absolute Gasteiger partial charge is 0.497 e. The van der Waals surface area contributed by atoms with Crippen molar-refractivity contribution in [3.05, 3.63) is 22.2 Å². The van der Waals surface area contributed by atoms with E-state index < -0.39 is 5.38 Å². The molecule has 0 aliphatic heterocycles. The van der Waals surface area contributed by atoms with Crippen LogP contribution in [0.2, 0.25) is 0 Å². The van der Waals surface area contributed by atoms with Crippen molar-refractivity contribution < 1.29 is 9.53 Å². The van der Waals surface area contributed by atoms with Crippen LogP contribution in [0.25, 0.3) is 0 Å². The lowest BCUT2D eigenvalue weighted by atomic mass is 10.1. The number of halogens is 2. The number of carbonyl (C=O) groups is 1. The minimum Gasteiger partial charge on any atom is -0.497 e. The van der Waals surface area contributed by atoms with E-state index in [1.807, 2.05) is 0 Å². The number of anilines is 1. The number of Topliss-reactive ketones (excluding diaryl/α,β-unsaturated/α-hetero) is 1. The van der Waals surface area contributed by atoms with Crippen LogP contribution in [0.3, 0.4) is 0 Å². The van der Waals surface area contributed by atoms with Crippen LogP contribution in [0.5, 0.6) is 5.75 Å². The van der Waals surface area contributed by atoms with Gasteiger partial charge < -0.3 is 10.5 Å². The highest BCUT2D eigenvalue weighted by molar-refractivity contribution is 9.10. The third kappa shape index (κ3) is 2.63. The smallest absolute Gasteiger partial charge is 0.182 e. The molecule has 0 radical (unpaired) electrons. The van der Waals surface area contributed by atoms with Gasteiger partial charge in [-0.3, -0.25) is 4.79 Å². The van der Waals surface area contributed by atoms with E-state index in [4.69, 9.17) is 22.1 Å². The lowest BCUT2D eigenvalue weighted by molar-refractivity contribution is 0.0992. The summed E-state index contributed by atoms with van der Waals surface area (Å²) in [7, 11) is 1.52. The van der Waals surface area contributed by atoms with E-state index in [-0.39, 0.29) is 5.78 Å². The summed E-state index contributed by atoms with van der Waals surface area (Å²) in [6, 6.07) is 3.28. The Hall–Kier alpha value is -0.740. The topological polar surface area (TPSA) is 52.3 Å². The number of methoxy groups -OCH3 is 1. The summed E-state index contributed by atoms with van der Waals surface area (Å²) in [5, 5.41) is -0.605. The standard InChI is InChI=1S/C10H11BrClNO2/c1-5(12)10(14)7-3-6(15-2)4-8(11)9(7)13/h3-5H,13H2,1-2H3. The van der Waals surface area contributed by atoms with Crippen molar-refractivity contribution in [3.63, 3.8) is 0 Å². The van der Waals surface area contributed by atoms with E-state index in [9.17, 15) is 4.79 Å². The van der Waals surface area contributed by atoms with Crippen LogP contribution >= 0.6 is 27.5 Å². The number of ether oxygens (including phenoxy) is 1. The first-order chi connectivity index (χ1) is 6.97. The van der Waals surface area contributed by atoms with Crippen molar-refractivity contribution in [2.75, 3.05) is 12.8 Å². The zero-order valence-electron chi connectivity index (χ0n) is 8.38. The number of hydrogen-bond donors (Lipinski definition) is 1. The molecule has 1 aromatic carbocycles. The summed E-state index contributed by atoms with van der Waals surface area (Å²) < 4.78 is 5.67. The Morgan fingerprint density at radius 3 is 2.67 bits per heavy atom. The van der Waals surface area contributed by atoms with Crippen molar-refractivity contribution >= 4 is 39.0 Å². The van der Waals surface area contributed by atoms with Gasteiger partial charge in [0.15, 0.2) is 5.78 Å². The summed E-state index contributed by atoms with van der Waals surface area (Å²) in [4.78, 5) is 11.7. The summed E-state index contributed by atoms with van der Waals surface area (Å²) in [6.07, 6.45) is 0. The van der Waals surface area contributed by atoms with Gasteiger partial charge in [0.05, 0.1) is 18.2 Å². The molecule has 0 saturated heterocycles. The van der Waals surface area contributed by atoms with E-state index >= 15 is 0 Å². The van der Waals surface area contributed by atoms with Crippen molar-refractivity contribution in [3.8, 4) is 5.75 Å². The minimum absolute atomic E-state index is 0.214. The maximum Gasteiger partial charge on any atom is 0.182 e. The fourth-order valence-electron chi connectivity index (χ4n) is 1.13. The molecule has 0 fully saturated rings. The second-order valence-corrected chi connectivity index (χ2v) is 4.56. The van der Waals surface area contributed by atoms with Gasteiger partial charge in [0.25, 0.3) is 0 Å². The number of benzene rings is 1. The van der Waals surface area contributed by atoms with Gasteiger partial charge in [-0.05, 0) is 35.0 Å². The second-order valence-electron chi connectivity index (χ2n) is 3.05. The van der Waals surface area contributed by atoms with Crippen LogP contribution in [-0.2, 0) is 0 Å². The van der Waals surface area contributed by atoms with Gasteiger partial charge in [0.2, 0.25) is 0 Å². The van der Waals surface area contributed by atoms with Gasteiger partial charge >= 0.3 is 0 Å². The molecule has 0 aliphatic rings. The predicted molar refractivity (Wildman–Crippen MR) is 64.8 cm³/mol. The molecule has 2 N–H and O–H groups in total. The minimum atomic E-state index is -0.605. The molecule has 0 saturated carbocycles. The molecule has 5 heteroatoms. The molecule has 1 aromatic rings. The maximum absolute atomic E-state index is 11.7. The third-order valence-electron chi connectivity index (χ3n) is 1.97. The van der Waals surface area contributed by atoms with Gasteiger partial charge in [-0.15, -0.1) is 11.6 Å². The molecule has 0 amide bonds. The SMILES string of the molecule is COc1cc(Br)c(N)c(C(=O)C(C)Cl)c1. The Bertz CT molecular complexity index is 393. The lowest BCUT2D eigenvalue weighted by Crippen LogP contribution is -2.13. The summed E-state index contributed by atoms with van der Waals surface area (Å²) in [5.41, 5.74) is 6.52. The molecule has 3 nitrogen and oxygen atoms in total. The third-order valence-corrected chi connectivity index (χ3v) is 2.82. The number of ketones is 1. The van der Waals surface area contributed by atoms with Crippen LogP contribution in [0.4, 0.5) is 5.69 Å². The van der Waals surface area contributed by atoms with E-state index in [0.717, 1.165) is 0 Å². The molecule has 0 aromatic heterocycles. The van der Waals surface area contributed by atoms with Crippen molar-refractivity contribution in [2.45, 2.75) is 12.3 Å². The molecule has 82 valence electrons. The predicted octanol–water partition coefficient (Wildman–Crippen LogP) is 2.85. The van der Waals surface area contributed by atoms with Crippen LogP contribution < -0.4 is 10.5 Å². The number of alkyl halides is 1. The van der Waals surface area contributed by atoms with Gasteiger partial charge in [-0.2, -0.15) is 0 Å². The zero-order valence-corrected chi connectivity index (χ0v) is 10.7. The maximum atomic E-state index is 11.7. The average molecular weight is 293 g/mol. The molecule has 0 spiro atoms. The molecule has 0 heterocycles. The van der Waals surface area contributed by atoms with Gasteiger partial charge in [0, 0.05) is 10.0 Å². The highest BCUT2D eigenvalue weighted by atomic mass is 79.9. The molecular weight excluding hydrogens is 281 g/mol. The first-order valence-corrected chi connectivity index (χ1v) is 5.51. The first kappa shape index (κ1) is 12.3. The average Bonchev–Trinajstić information content (AvgIpc) is 2.20. The Kier molecular flexibility index (Phi) is 3.99. The molecular formula is C10H11BrClNO2. The van der Waals surface area contributed by atoms with Crippen molar-refractivity contribution in [1.29, 1.82) is 0 Å². The van der Waals surface area contributed by atoms with E-state index in [1.54, 1.807) is 19.1 Å². The summed E-state index contributed by atoms with van der Waals surface area (Å²) >= 11 is 8.98. The van der Waals surface area contributed by atoms with E-state index in [0.29, 0.717) is 21.5 Å². The highest BCUT2D eigenvalue weighted by Crippen LogP contribution is 2.30. The molecule has 1 atom stereocenters. The Labute approximate surface area is 102 Å². The van der Waals surface area contributed by atoms with Crippen LogP contribution in [0.15, 0.2) is 16.6 Å². The van der Waals surface area contributed by atoms with Gasteiger partial charge in [0.1, 0.15) is 5.75 Å². The lowest BCUT2D eigenvalue weighted by Gasteiger charge is -2.10. The van der Waals surface area contributed by atoms with Crippen molar-refractivity contribution in [2.24, 2.45) is 0 Å². The number of nitrogens with two attached hydrogens (primary N) is 1. The number of carbonyl (C=O) groups excluding carboxylic acids is 1. The fraction of sp³-hybridized carbons (Fsp3) is 0.300. The fourth-order valence-corrected chi connectivity index (χ4v) is 1.69. The molecule has 0 aliphatic carbocycles. The van der Waals surface area contributed by atoms with Crippen LogP contribution in [0, 0.1) is 0 Å². The second kappa shape index (κ2) is 4.86. The van der Waals surface area contributed by atoms with Gasteiger partial charge in [-0.1, -0.05) is 0 Å². The molecule has 1 unspecified atom stereocenters. The number of hydrogen-bond acceptors (Lipinski definition) is 3. The normalized spacial score (nSPS) is 12.3. The van der Waals surface area contributed by atoms with Crippen LogP contribution in [0.1, 0.15) is 17.3 Å². The quantitative estimate of drug-likeness (QED) is 0.529. The van der Waals surface area contributed by atoms with Gasteiger partial charge in [-0.25, -0.2) is 0 Å². The molecule has 0 bridgehead atoms. The number of rotatable bonds is 3. The van der Waals surface area contributed by atoms with Crippen molar-refractivity contribution in [1.82, 2.24) is 0 Å². The number of nitrogen functional groups attached to an aromatic ring is 1. The first-order valence-electron chi connectivity index (χ1n) is 4.28. The Morgan fingerprint density at radius 1 is 1.60 bits per heavy atom. The van der Waals surface area contributed by atoms with E-state index in [1.165, 1.54) is 7.11 Å². The zero-order chi connectivity index (χ0) is 11.6.